The number of likely N-dealkylation sites (tertiary alicyclic amines) is 1. The SMILES string of the molecule is CC(=O)Nc1ccc(C2CC[C@H](C)CN2C(=O)C(=O)Nc2cncc(C(N)=O)c2)cn1. The Balaban J connectivity index is 1.77. The van der Waals surface area contributed by atoms with Crippen LogP contribution in [0.5, 0.6) is 0 Å². The van der Waals surface area contributed by atoms with Crippen LogP contribution >= 0.6 is 0 Å². The molecule has 2 aromatic heterocycles. The van der Waals surface area contributed by atoms with E-state index in [2.05, 4.69) is 20.6 Å². The number of nitrogens with one attached hydrogen (secondary N) is 2. The van der Waals surface area contributed by atoms with E-state index in [1.807, 2.05) is 6.92 Å². The van der Waals surface area contributed by atoms with Crippen LogP contribution in [0, 0.1) is 5.92 Å². The van der Waals surface area contributed by atoms with Crippen molar-refractivity contribution in [1.82, 2.24) is 14.9 Å². The Morgan fingerprint density at radius 2 is 1.87 bits per heavy atom. The summed E-state index contributed by atoms with van der Waals surface area (Å²) in [5.74, 6) is -1.78. The molecule has 0 bridgehead atoms. The number of piperidine rings is 1. The number of pyridine rings is 2. The minimum Gasteiger partial charge on any atom is -0.366 e. The summed E-state index contributed by atoms with van der Waals surface area (Å²) in [6.45, 7) is 3.84. The van der Waals surface area contributed by atoms with Gasteiger partial charge < -0.3 is 21.3 Å². The van der Waals surface area contributed by atoms with Crippen molar-refractivity contribution >= 4 is 35.1 Å². The zero-order valence-electron chi connectivity index (χ0n) is 17.3. The lowest BCUT2D eigenvalue weighted by Gasteiger charge is -2.38. The van der Waals surface area contributed by atoms with Crippen LogP contribution in [-0.4, -0.2) is 45.0 Å². The Bertz CT molecular complexity index is 1010. The molecule has 0 aliphatic carbocycles. The lowest BCUT2D eigenvalue weighted by Crippen LogP contribution is -2.46. The highest BCUT2D eigenvalue weighted by Gasteiger charge is 2.34. The van der Waals surface area contributed by atoms with Crippen molar-refractivity contribution in [3.8, 4) is 0 Å². The number of nitrogens with zero attached hydrogens (tertiary/aromatic N) is 3. The number of rotatable bonds is 4. The maximum absolute atomic E-state index is 13.0. The second kappa shape index (κ2) is 9.33. The van der Waals surface area contributed by atoms with Crippen LogP contribution in [-0.2, 0) is 14.4 Å². The molecule has 3 rings (SSSR count). The molecule has 0 aromatic carbocycles. The molecule has 1 aliphatic heterocycles. The minimum absolute atomic E-state index is 0.125. The van der Waals surface area contributed by atoms with Gasteiger partial charge in [-0.2, -0.15) is 0 Å². The van der Waals surface area contributed by atoms with Gasteiger partial charge in [0.2, 0.25) is 11.8 Å². The smallest absolute Gasteiger partial charge is 0.313 e. The molecule has 1 saturated heterocycles. The highest BCUT2D eigenvalue weighted by atomic mass is 16.2. The van der Waals surface area contributed by atoms with Gasteiger partial charge in [0.15, 0.2) is 0 Å². The minimum atomic E-state index is -0.828. The van der Waals surface area contributed by atoms with Crippen molar-refractivity contribution < 1.29 is 19.2 Å². The monoisotopic (exact) mass is 424 g/mol. The van der Waals surface area contributed by atoms with E-state index in [1.54, 1.807) is 18.3 Å². The van der Waals surface area contributed by atoms with E-state index in [-0.39, 0.29) is 29.1 Å². The molecule has 2 aromatic rings. The first-order valence-electron chi connectivity index (χ1n) is 9.85. The molecule has 31 heavy (non-hydrogen) atoms. The van der Waals surface area contributed by atoms with Crippen molar-refractivity contribution in [2.24, 2.45) is 11.7 Å². The van der Waals surface area contributed by atoms with E-state index >= 15 is 0 Å². The third-order valence-corrected chi connectivity index (χ3v) is 5.03. The zero-order chi connectivity index (χ0) is 22.5. The standard InChI is InChI=1S/C21H24N6O4/c1-12-3-5-17(14-4-6-18(24-9-14)25-13(2)28)27(11-12)21(31)20(30)26-16-7-15(19(22)29)8-23-10-16/h4,6-10,12,17H,3,5,11H2,1-2H3,(H2,22,29)(H,26,30)(H,24,25,28)/t12-,17?/m0/s1. The highest BCUT2D eigenvalue weighted by Crippen LogP contribution is 2.33. The molecule has 0 spiro atoms. The van der Waals surface area contributed by atoms with Crippen LogP contribution in [0.4, 0.5) is 11.5 Å². The first kappa shape index (κ1) is 21.9. The van der Waals surface area contributed by atoms with Crippen LogP contribution in [0.15, 0.2) is 36.8 Å². The van der Waals surface area contributed by atoms with E-state index in [1.165, 1.54) is 30.3 Å². The second-order valence-electron chi connectivity index (χ2n) is 7.59. The summed E-state index contributed by atoms with van der Waals surface area (Å²) in [4.78, 5) is 57.7. The number of hydrogen-bond acceptors (Lipinski definition) is 6. The molecule has 10 heteroatoms. The summed E-state index contributed by atoms with van der Waals surface area (Å²) in [6.07, 6.45) is 5.79. The average Bonchev–Trinajstić information content (AvgIpc) is 2.73. The first-order chi connectivity index (χ1) is 14.7. The first-order valence-corrected chi connectivity index (χ1v) is 9.85. The molecule has 10 nitrogen and oxygen atoms in total. The Morgan fingerprint density at radius 3 is 2.52 bits per heavy atom. The summed E-state index contributed by atoms with van der Waals surface area (Å²) in [5.41, 5.74) is 6.34. The lowest BCUT2D eigenvalue weighted by atomic mass is 9.90. The summed E-state index contributed by atoms with van der Waals surface area (Å²) < 4.78 is 0. The van der Waals surface area contributed by atoms with E-state index < -0.39 is 17.7 Å². The molecule has 3 heterocycles. The van der Waals surface area contributed by atoms with Crippen molar-refractivity contribution in [3.63, 3.8) is 0 Å². The van der Waals surface area contributed by atoms with Gasteiger partial charge in [-0.25, -0.2) is 4.98 Å². The predicted octanol–water partition coefficient (Wildman–Crippen LogP) is 1.47. The summed E-state index contributed by atoms with van der Waals surface area (Å²) in [7, 11) is 0. The summed E-state index contributed by atoms with van der Waals surface area (Å²) >= 11 is 0. The molecule has 0 radical (unpaired) electrons. The molecule has 1 fully saturated rings. The predicted molar refractivity (Wildman–Crippen MR) is 113 cm³/mol. The van der Waals surface area contributed by atoms with Gasteiger partial charge in [-0.05, 0) is 36.5 Å². The normalized spacial score (nSPS) is 18.2. The van der Waals surface area contributed by atoms with Crippen molar-refractivity contribution in [2.45, 2.75) is 32.7 Å². The van der Waals surface area contributed by atoms with Gasteiger partial charge in [0.05, 0.1) is 23.5 Å². The Hall–Kier alpha value is -3.82. The van der Waals surface area contributed by atoms with Gasteiger partial charge in [0.25, 0.3) is 0 Å². The largest absolute Gasteiger partial charge is 0.366 e. The van der Waals surface area contributed by atoms with Crippen molar-refractivity contribution in [2.75, 3.05) is 17.2 Å². The van der Waals surface area contributed by atoms with Crippen molar-refractivity contribution in [1.29, 1.82) is 0 Å². The van der Waals surface area contributed by atoms with Gasteiger partial charge in [0, 0.05) is 25.9 Å². The maximum Gasteiger partial charge on any atom is 0.313 e. The summed E-state index contributed by atoms with van der Waals surface area (Å²) in [5, 5.41) is 5.09. The average molecular weight is 424 g/mol. The summed E-state index contributed by atoms with van der Waals surface area (Å²) in [6, 6.07) is 4.50. The third-order valence-electron chi connectivity index (χ3n) is 5.03. The molecule has 1 unspecified atom stereocenters. The van der Waals surface area contributed by atoms with Gasteiger partial charge in [-0.15, -0.1) is 0 Å². The molecule has 1 aliphatic rings. The number of hydrogen-bond donors (Lipinski definition) is 3. The fourth-order valence-electron chi connectivity index (χ4n) is 3.54. The fourth-order valence-corrected chi connectivity index (χ4v) is 3.54. The number of amides is 4. The maximum atomic E-state index is 13.0. The van der Waals surface area contributed by atoms with Crippen molar-refractivity contribution in [3.05, 3.63) is 47.9 Å². The van der Waals surface area contributed by atoms with E-state index in [0.29, 0.717) is 18.8 Å². The molecule has 2 atom stereocenters. The quantitative estimate of drug-likeness (QED) is 0.633. The van der Waals surface area contributed by atoms with Crippen LogP contribution < -0.4 is 16.4 Å². The topological polar surface area (TPSA) is 147 Å². The van der Waals surface area contributed by atoms with Gasteiger partial charge in [-0.3, -0.25) is 24.2 Å². The van der Waals surface area contributed by atoms with E-state index in [9.17, 15) is 19.2 Å². The van der Waals surface area contributed by atoms with Crippen LogP contribution in [0.3, 0.4) is 0 Å². The molecular weight excluding hydrogens is 400 g/mol. The molecule has 162 valence electrons. The van der Waals surface area contributed by atoms with E-state index in [0.717, 1.165) is 12.0 Å². The number of carbonyl (C=O) groups excluding carboxylic acids is 4. The Kier molecular flexibility index (Phi) is 6.58. The fraction of sp³-hybridized carbons (Fsp3) is 0.333. The van der Waals surface area contributed by atoms with Crippen LogP contribution in [0.1, 0.15) is 48.7 Å². The molecular formula is C21H24N6O4. The number of nitrogens with two attached hydrogens (primary N) is 1. The number of carbonyl (C=O) groups is 4. The third kappa shape index (κ3) is 5.41. The number of aromatic nitrogens is 2. The Morgan fingerprint density at radius 1 is 1.10 bits per heavy atom. The van der Waals surface area contributed by atoms with Gasteiger partial charge in [-0.1, -0.05) is 13.0 Å². The molecule has 4 amide bonds. The Labute approximate surface area is 179 Å². The van der Waals surface area contributed by atoms with Gasteiger partial charge in [0.1, 0.15) is 5.82 Å². The highest BCUT2D eigenvalue weighted by molar-refractivity contribution is 6.39. The number of primary amides is 1. The molecule has 0 saturated carbocycles. The second-order valence-corrected chi connectivity index (χ2v) is 7.59. The lowest BCUT2D eigenvalue weighted by molar-refractivity contribution is -0.146. The number of anilines is 2. The van der Waals surface area contributed by atoms with Gasteiger partial charge >= 0.3 is 11.8 Å². The van der Waals surface area contributed by atoms with Crippen LogP contribution in [0.2, 0.25) is 0 Å². The molecule has 4 N–H and O–H groups in total. The van der Waals surface area contributed by atoms with Crippen LogP contribution in [0.25, 0.3) is 0 Å². The zero-order valence-corrected chi connectivity index (χ0v) is 17.3. The van der Waals surface area contributed by atoms with E-state index in [4.69, 9.17) is 5.73 Å².